The molecule has 1 N–H and O–H groups in total. The van der Waals surface area contributed by atoms with Crippen molar-refractivity contribution in [3.05, 3.63) is 25.3 Å². The summed E-state index contributed by atoms with van der Waals surface area (Å²) in [7, 11) is 0. The van der Waals surface area contributed by atoms with Gasteiger partial charge in [0.25, 0.3) is 0 Å². The van der Waals surface area contributed by atoms with Crippen molar-refractivity contribution in [2.75, 3.05) is 19.6 Å². The topological polar surface area (TPSA) is 15.3 Å². The highest BCUT2D eigenvalue weighted by Gasteiger charge is 2.12. The number of rotatable bonds is 9. The molecule has 0 aliphatic carbocycles. The lowest BCUT2D eigenvalue weighted by molar-refractivity contribution is 0.238. The molecule has 0 aliphatic heterocycles. The average Bonchev–Trinajstić information content (AvgIpc) is 2.22. The Morgan fingerprint density at radius 2 is 1.71 bits per heavy atom. The molecule has 100 valence electrons. The average molecular weight is 238 g/mol. The molecule has 0 heterocycles. The second-order valence-electron chi connectivity index (χ2n) is 5.70. The molecule has 0 saturated carbocycles. The van der Waals surface area contributed by atoms with E-state index >= 15 is 0 Å². The van der Waals surface area contributed by atoms with Crippen molar-refractivity contribution < 1.29 is 0 Å². The molecule has 0 aromatic rings. The molecule has 17 heavy (non-hydrogen) atoms. The minimum Gasteiger partial charge on any atom is -0.312 e. The number of nitrogens with one attached hydrogen (secondary N) is 1. The molecule has 0 aromatic carbocycles. The zero-order valence-electron chi connectivity index (χ0n) is 12.1. The van der Waals surface area contributed by atoms with Crippen molar-refractivity contribution in [3.8, 4) is 0 Å². The predicted octanol–water partition coefficient (Wildman–Crippen LogP) is 3.22. The van der Waals surface area contributed by atoms with Gasteiger partial charge in [0, 0.05) is 24.7 Å². The number of hydrogen-bond donors (Lipinski definition) is 1. The van der Waals surface area contributed by atoms with Crippen LogP contribution in [0.2, 0.25) is 0 Å². The lowest BCUT2D eigenvalue weighted by Crippen LogP contribution is -2.38. The van der Waals surface area contributed by atoms with Crippen molar-refractivity contribution in [2.24, 2.45) is 0 Å². The summed E-state index contributed by atoms with van der Waals surface area (Å²) in [6.07, 6.45) is 6.36. The van der Waals surface area contributed by atoms with Crippen LogP contribution in [0, 0.1) is 0 Å². The van der Waals surface area contributed by atoms with Gasteiger partial charge in [-0.05, 0) is 47.1 Å². The van der Waals surface area contributed by atoms with Gasteiger partial charge in [-0.15, -0.1) is 13.2 Å². The molecule has 1 unspecified atom stereocenters. The van der Waals surface area contributed by atoms with E-state index in [0.717, 1.165) is 19.6 Å². The summed E-state index contributed by atoms with van der Waals surface area (Å²) in [5.74, 6) is 0. The Morgan fingerprint density at radius 1 is 1.18 bits per heavy atom. The summed E-state index contributed by atoms with van der Waals surface area (Å²) in [5, 5.41) is 3.52. The number of hydrogen-bond acceptors (Lipinski definition) is 2. The molecular weight excluding hydrogens is 208 g/mol. The van der Waals surface area contributed by atoms with Gasteiger partial charge in [-0.1, -0.05) is 12.2 Å². The molecule has 2 heteroatoms. The first kappa shape index (κ1) is 16.4. The second-order valence-corrected chi connectivity index (χ2v) is 5.70. The summed E-state index contributed by atoms with van der Waals surface area (Å²) < 4.78 is 0. The van der Waals surface area contributed by atoms with Crippen LogP contribution in [0.4, 0.5) is 0 Å². The standard InChI is InChI=1S/C15H30N2/c1-7-12-17(13-8-2)14(3)10-9-11-16-15(4,5)6/h7-8,14,16H,1-2,9-13H2,3-6H3. The van der Waals surface area contributed by atoms with Gasteiger partial charge < -0.3 is 5.32 Å². The van der Waals surface area contributed by atoms with Crippen molar-refractivity contribution in [3.63, 3.8) is 0 Å². The fourth-order valence-electron chi connectivity index (χ4n) is 1.81. The van der Waals surface area contributed by atoms with Crippen LogP contribution in [-0.2, 0) is 0 Å². The van der Waals surface area contributed by atoms with Crippen molar-refractivity contribution in [1.82, 2.24) is 10.2 Å². The third-order valence-electron chi connectivity index (χ3n) is 2.80. The minimum atomic E-state index is 0.227. The SMILES string of the molecule is C=CCN(CC=C)C(C)CCCNC(C)(C)C. The molecule has 0 saturated heterocycles. The van der Waals surface area contributed by atoms with E-state index in [1.807, 2.05) is 12.2 Å². The Balaban J connectivity index is 3.84. The molecule has 1 atom stereocenters. The molecule has 0 amide bonds. The van der Waals surface area contributed by atoms with E-state index in [1.165, 1.54) is 12.8 Å². The van der Waals surface area contributed by atoms with Gasteiger partial charge in [-0.2, -0.15) is 0 Å². The van der Waals surface area contributed by atoms with Gasteiger partial charge in [0.2, 0.25) is 0 Å². The van der Waals surface area contributed by atoms with Crippen LogP contribution in [-0.4, -0.2) is 36.1 Å². The predicted molar refractivity (Wildman–Crippen MR) is 78.4 cm³/mol. The normalized spacial score (nSPS) is 13.7. The zero-order chi connectivity index (χ0) is 13.3. The molecule has 0 aromatic heterocycles. The van der Waals surface area contributed by atoms with E-state index in [4.69, 9.17) is 0 Å². The van der Waals surface area contributed by atoms with Gasteiger partial charge >= 0.3 is 0 Å². The largest absolute Gasteiger partial charge is 0.312 e. The third-order valence-corrected chi connectivity index (χ3v) is 2.80. The Morgan fingerprint density at radius 3 is 2.12 bits per heavy atom. The first-order valence-corrected chi connectivity index (χ1v) is 6.61. The van der Waals surface area contributed by atoms with Gasteiger partial charge in [0.1, 0.15) is 0 Å². The smallest absolute Gasteiger partial charge is 0.0166 e. The monoisotopic (exact) mass is 238 g/mol. The molecule has 0 radical (unpaired) electrons. The van der Waals surface area contributed by atoms with Crippen LogP contribution in [0.5, 0.6) is 0 Å². The summed E-state index contributed by atoms with van der Waals surface area (Å²) in [6.45, 7) is 19.5. The molecule has 0 fully saturated rings. The Bertz CT molecular complexity index is 205. The maximum absolute atomic E-state index is 3.81. The van der Waals surface area contributed by atoms with Gasteiger partial charge in [0.05, 0.1) is 0 Å². The van der Waals surface area contributed by atoms with Crippen molar-refractivity contribution in [2.45, 2.75) is 52.1 Å². The second kappa shape index (κ2) is 8.48. The Hall–Kier alpha value is -0.600. The van der Waals surface area contributed by atoms with Crippen LogP contribution in [0.25, 0.3) is 0 Å². The highest BCUT2D eigenvalue weighted by atomic mass is 15.1. The van der Waals surface area contributed by atoms with E-state index in [0.29, 0.717) is 6.04 Å². The summed E-state index contributed by atoms with van der Waals surface area (Å²) >= 11 is 0. The lowest BCUT2D eigenvalue weighted by atomic mass is 10.1. The molecule has 2 nitrogen and oxygen atoms in total. The van der Waals surface area contributed by atoms with E-state index in [1.54, 1.807) is 0 Å². The van der Waals surface area contributed by atoms with E-state index < -0.39 is 0 Å². The fraction of sp³-hybridized carbons (Fsp3) is 0.733. The van der Waals surface area contributed by atoms with E-state index in [2.05, 4.69) is 51.1 Å². The minimum absolute atomic E-state index is 0.227. The lowest BCUT2D eigenvalue weighted by Gasteiger charge is -2.27. The van der Waals surface area contributed by atoms with Gasteiger partial charge in [-0.3, -0.25) is 4.90 Å². The Kier molecular flexibility index (Phi) is 8.19. The van der Waals surface area contributed by atoms with Crippen LogP contribution >= 0.6 is 0 Å². The van der Waals surface area contributed by atoms with Gasteiger partial charge in [-0.25, -0.2) is 0 Å². The maximum Gasteiger partial charge on any atom is 0.0166 e. The third kappa shape index (κ3) is 9.13. The van der Waals surface area contributed by atoms with Crippen molar-refractivity contribution >= 4 is 0 Å². The summed E-state index contributed by atoms with van der Waals surface area (Å²) in [6, 6.07) is 0.591. The van der Waals surface area contributed by atoms with Crippen LogP contribution < -0.4 is 5.32 Å². The van der Waals surface area contributed by atoms with Crippen LogP contribution in [0.1, 0.15) is 40.5 Å². The van der Waals surface area contributed by atoms with Crippen molar-refractivity contribution in [1.29, 1.82) is 0 Å². The van der Waals surface area contributed by atoms with E-state index in [-0.39, 0.29) is 5.54 Å². The zero-order valence-corrected chi connectivity index (χ0v) is 12.1. The molecule has 0 bridgehead atoms. The van der Waals surface area contributed by atoms with Crippen LogP contribution in [0.15, 0.2) is 25.3 Å². The van der Waals surface area contributed by atoms with E-state index in [9.17, 15) is 0 Å². The summed E-state index contributed by atoms with van der Waals surface area (Å²) in [4.78, 5) is 2.40. The highest BCUT2D eigenvalue weighted by Crippen LogP contribution is 2.07. The summed E-state index contributed by atoms with van der Waals surface area (Å²) in [5.41, 5.74) is 0.227. The molecule has 0 rings (SSSR count). The van der Waals surface area contributed by atoms with Gasteiger partial charge in [0.15, 0.2) is 0 Å². The molecule has 0 aliphatic rings. The molecular formula is C15H30N2. The number of nitrogens with zero attached hydrogens (tertiary/aromatic N) is 1. The molecule has 0 spiro atoms. The Labute approximate surface area is 108 Å². The maximum atomic E-state index is 3.81. The first-order valence-electron chi connectivity index (χ1n) is 6.61. The van der Waals surface area contributed by atoms with Crippen LogP contribution in [0.3, 0.4) is 0 Å². The highest BCUT2D eigenvalue weighted by molar-refractivity contribution is 4.83. The fourth-order valence-corrected chi connectivity index (χ4v) is 1.81. The quantitative estimate of drug-likeness (QED) is 0.490. The first-order chi connectivity index (χ1) is 7.90.